The highest BCUT2D eigenvalue weighted by molar-refractivity contribution is 8.00. The van der Waals surface area contributed by atoms with Crippen molar-refractivity contribution in [2.75, 3.05) is 48.8 Å². The van der Waals surface area contributed by atoms with Gasteiger partial charge in [0.05, 0.1) is 11.5 Å². The van der Waals surface area contributed by atoms with E-state index < -0.39 is 38.6 Å². The van der Waals surface area contributed by atoms with Gasteiger partial charge < -0.3 is 15.5 Å². The summed E-state index contributed by atoms with van der Waals surface area (Å²) in [5, 5.41) is 9.36. The zero-order valence-electron chi connectivity index (χ0n) is 29.4. The number of carbonyl (C=O) groups excluding carboxylic acids is 2. The monoisotopic (exact) mass is 807 g/mol. The molecule has 2 amide bonds. The summed E-state index contributed by atoms with van der Waals surface area (Å²) in [7, 11) is -12.4. The molecule has 48 heavy (non-hydrogen) atoms. The summed E-state index contributed by atoms with van der Waals surface area (Å²) in [6.07, 6.45) is 3.55. The first kappa shape index (κ1) is 53.8. The largest absolute Gasteiger partial charge is 0.425 e. The van der Waals surface area contributed by atoms with E-state index in [0.717, 1.165) is 24.3 Å². The van der Waals surface area contributed by atoms with Crippen molar-refractivity contribution in [3.05, 3.63) is 0 Å². The summed E-state index contributed by atoms with van der Waals surface area (Å²) in [6, 6.07) is 0. The fourth-order valence-corrected chi connectivity index (χ4v) is 8.29. The van der Waals surface area contributed by atoms with Crippen LogP contribution >= 0.6 is 31.0 Å². The second-order valence-electron chi connectivity index (χ2n) is 11.7. The lowest BCUT2D eigenvalue weighted by molar-refractivity contribution is -0.121. The predicted molar refractivity (Wildman–Crippen MR) is 195 cm³/mol. The molecule has 0 saturated carbocycles. The van der Waals surface area contributed by atoms with Crippen molar-refractivity contribution in [2.24, 2.45) is 11.8 Å². The highest BCUT2D eigenvalue weighted by Gasteiger charge is 2.18. The number of rotatable bonds is 22. The lowest BCUT2D eigenvalue weighted by Crippen LogP contribution is -2.31. The smallest absolute Gasteiger partial charge is 0.356 e. The highest BCUT2D eigenvalue weighted by Crippen LogP contribution is 2.36. The molecule has 0 aromatic heterocycles. The molecule has 4 N–H and O–H groups in total. The van der Waals surface area contributed by atoms with Crippen LogP contribution in [0.1, 0.15) is 87.5 Å². The Morgan fingerprint density at radius 2 is 1.08 bits per heavy atom. The molecule has 0 fully saturated rings. The van der Waals surface area contributed by atoms with Crippen LogP contribution in [-0.2, 0) is 45.2 Å². The Kier molecular flexibility index (Phi) is 37.1. The van der Waals surface area contributed by atoms with Gasteiger partial charge in [0.2, 0.25) is 11.8 Å². The summed E-state index contributed by atoms with van der Waals surface area (Å²) in [6.45, 7) is 17.3. The Morgan fingerprint density at radius 3 is 1.44 bits per heavy atom. The van der Waals surface area contributed by atoms with E-state index in [1.807, 2.05) is 51.2 Å². The molecule has 0 rings (SSSR count). The number of nitrogens with one attached hydrogen (secondary N) is 3. The van der Waals surface area contributed by atoms with Gasteiger partial charge in [0.1, 0.15) is 0 Å². The molecule has 1 unspecified atom stereocenters. The van der Waals surface area contributed by atoms with Gasteiger partial charge in [-0.25, -0.2) is 13.5 Å². The zero-order chi connectivity index (χ0) is 38.3. The molecule has 0 radical (unpaired) electrons. The van der Waals surface area contributed by atoms with Gasteiger partial charge in [0, 0.05) is 38.6 Å². The van der Waals surface area contributed by atoms with Gasteiger partial charge in [-0.3, -0.25) is 14.2 Å². The van der Waals surface area contributed by atoms with Crippen LogP contribution < -0.4 is 15.7 Å². The number of carbonyl (C=O) groups is 2. The van der Waals surface area contributed by atoms with Crippen molar-refractivity contribution < 1.29 is 52.7 Å². The van der Waals surface area contributed by atoms with Gasteiger partial charge in [-0.05, 0) is 53.1 Å². The van der Waals surface area contributed by atoms with E-state index in [1.165, 1.54) is 0 Å². The predicted octanol–water partition coefficient (Wildman–Crippen LogP) is 2.93. The third kappa shape index (κ3) is 57.3. The Hall–Kier alpha value is -1.02. The Bertz CT molecular complexity index is 1190. The molecule has 0 spiro atoms. The Labute approximate surface area is 299 Å². The van der Waals surface area contributed by atoms with E-state index in [4.69, 9.17) is 25.3 Å². The number of hydrogen-bond acceptors (Lipinski definition) is 13. The van der Waals surface area contributed by atoms with Crippen molar-refractivity contribution >= 4 is 73.9 Å². The molecule has 0 heterocycles. The maximum Gasteiger partial charge on any atom is 0.425 e. The average Bonchev–Trinajstić information content (AvgIpc) is 2.88. The minimum atomic E-state index is -3.25. The first-order valence-corrected chi connectivity index (χ1v) is 23.3. The van der Waals surface area contributed by atoms with Crippen LogP contribution in [0.2, 0.25) is 0 Å². The minimum absolute atomic E-state index is 0.00721. The molecule has 15 nitrogen and oxygen atoms in total. The van der Waals surface area contributed by atoms with Gasteiger partial charge in [-0.2, -0.15) is 23.5 Å². The van der Waals surface area contributed by atoms with Crippen molar-refractivity contribution in [1.29, 1.82) is 0 Å². The van der Waals surface area contributed by atoms with Crippen LogP contribution in [0, 0.1) is 11.8 Å². The first-order chi connectivity index (χ1) is 21.9. The SMILES string of the molecule is CC(C)CP(=O)(O)NCCNC(=O)CCCSC(C)C.CC(C)CS(=O)(=O)CCCNC(=O)CCCSC(C)C.O=S(=O)=O.O=S(=O)=O. The molecule has 0 aromatic rings. The summed E-state index contributed by atoms with van der Waals surface area (Å²) in [4.78, 5) is 32.6. The van der Waals surface area contributed by atoms with E-state index in [0.29, 0.717) is 49.4 Å². The van der Waals surface area contributed by atoms with Crippen LogP contribution in [0.25, 0.3) is 0 Å². The lowest BCUT2D eigenvalue weighted by Gasteiger charge is -2.15. The van der Waals surface area contributed by atoms with Crippen LogP contribution in [-0.4, -0.2) is 110 Å². The van der Waals surface area contributed by atoms with Crippen molar-refractivity contribution in [1.82, 2.24) is 15.7 Å². The third-order valence-corrected chi connectivity index (χ3v) is 11.4. The molecular weight excluding hydrogens is 750 g/mol. The Morgan fingerprint density at radius 1 is 0.688 bits per heavy atom. The minimum Gasteiger partial charge on any atom is -0.356 e. The zero-order valence-corrected chi connectivity index (χ0v) is 34.4. The molecule has 0 aliphatic rings. The third-order valence-electron chi connectivity index (χ3n) is 4.96. The molecule has 1 atom stereocenters. The van der Waals surface area contributed by atoms with Gasteiger partial charge in [-0.15, -0.1) is 25.3 Å². The van der Waals surface area contributed by atoms with Crippen LogP contribution in [0.3, 0.4) is 0 Å². The standard InChI is InChI=1S/C14H29NO3S2.C13H29N2O3PS.2O3S/c1-12(2)11-20(17,18)10-6-8-15-14(16)7-5-9-19-13(3)4;1-11(2)10-19(17,18)15-8-7-14-13(16)6-5-9-20-12(3)4;2*1-4(2)3/h12-13H,5-11H2,1-4H3,(H,15,16);11-12H,5-10H2,1-4H3,(H,14,16)(H2,15,17,18);;. The topological polar surface area (TPSA) is 244 Å². The summed E-state index contributed by atoms with van der Waals surface area (Å²) in [5.41, 5.74) is 0. The van der Waals surface area contributed by atoms with E-state index in [1.54, 1.807) is 0 Å². The molecule has 288 valence electrons. The number of amides is 2. The van der Waals surface area contributed by atoms with E-state index in [2.05, 4.69) is 43.4 Å². The first-order valence-electron chi connectivity index (χ1n) is 15.5. The second kappa shape index (κ2) is 33.1. The van der Waals surface area contributed by atoms with Gasteiger partial charge in [-0.1, -0.05) is 55.4 Å². The van der Waals surface area contributed by atoms with Gasteiger partial charge in [0.25, 0.3) is 7.52 Å². The van der Waals surface area contributed by atoms with E-state index >= 15 is 0 Å². The lowest BCUT2D eigenvalue weighted by atomic mass is 10.3. The van der Waals surface area contributed by atoms with E-state index in [9.17, 15) is 27.5 Å². The molecule has 0 aromatic carbocycles. The quantitative estimate of drug-likeness (QED) is 0.0908. The number of thioether (sulfide) groups is 2. The van der Waals surface area contributed by atoms with E-state index in [-0.39, 0.29) is 41.3 Å². The van der Waals surface area contributed by atoms with Crippen LogP contribution in [0.5, 0.6) is 0 Å². The summed E-state index contributed by atoms with van der Waals surface area (Å²) in [5.74, 6) is 2.74. The maximum absolute atomic E-state index is 11.7. The summed E-state index contributed by atoms with van der Waals surface area (Å²) < 4.78 is 85.6. The molecule has 0 bridgehead atoms. The number of sulfone groups is 1. The Balaban J connectivity index is -0.000000329. The van der Waals surface area contributed by atoms with Crippen LogP contribution in [0.15, 0.2) is 0 Å². The van der Waals surface area contributed by atoms with Crippen molar-refractivity contribution in [3.8, 4) is 0 Å². The highest BCUT2D eigenvalue weighted by atomic mass is 32.2. The number of hydrogen-bond donors (Lipinski definition) is 4. The molecular formula is C27H58N3O12PS5. The normalized spacial score (nSPS) is 12.1. The maximum atomic E-state index is 11.7. The van der Waals surface area contributed by atoms with Crippen molar-refractivity contribution in [3.63, 3.8) is 0 Å². The average molecular weight is 808 g/mol. The molecule has 0 aliphatic carbocycles. The summed E-state index contributed by atoms with van der Waals surface area (Å²) >= 11 is 3.70. The molecule has 21 heteroatoms. The fraction of sp³-hybridized carbons (Fsp3) is 0.926. The second-order valence-corrected chi connectivity index (χ2v) is 20.2. The van der Waals surface area contributed by atoms with Gasteiger partial charge >= 0.3 is 21.2 Å². The van der Waals surface area contributed by atoms with Crippen LogP contribution in [0.4, 0.5) is 0 Å². The van der Waals surface area contributed by atoms with Crippen molar-refractivity contribution in [2.45, 2.75) is 98.0 Å². The molecule has 0 saturated heterocycles. The fourth-order valence-electron chi connectivity index (χ4n) is 3.38. The molecule has 0 aliphatic heterocycles. The van der Waals surface area contributed by atoms with Gasteiger partial charge in [0.15, 0.2) is 9.84 Å².